The van der Waals surface area contributed by atoms with E-state index in [1.165, 1.54) is 53.7 Å². The number of hydrogen-bond acceptors (Lipinski definition) is 4. The topological polar surface area (TPSA) is 55.4 Å². The van der Waals surface area contributed by atoms with Crippen molar-refractivity contribution in [1.82, 2.24) is 15.1 Å². The van der Waals surface area contributed by atoms with Crippen LogP contribution in [0.5, 0.6) is 0 Å². The van der Waals surface area contributed by atoms with Gasteiger partial charge in [0.05, 0.1) is 18.3 Å². The summed E-state index contributed by atoms with van der Waals surface area (Å²) in [5.41, 5.74) is 6.69. The highest BCUT2D eigenvalue weighted by Gasteiger charge is 2.22. The maximum atomic E-state index is 9.32. The highest BCUT2D eigenvalue weighted by molar-refractivity contribution is 5.78. The maximum absolute atomic E-state index is 9.32. The summed E-state index contributed by atoms with van der Waals surface area (Å²) in [6, 6.07) is 13.6. The van der Waals surface area contributed by atoms with Gasteiger partial charge in [0.25, 0.3) is 0 Å². The normalized spacial score (nSPS) is 19.8. The second kappa shape index (κ2) is 8.17. The molecule has 29 heavy (non-hydrogen) atoms. The number of aromatic nitrogens is 2. The van der Waals surface area contributed by atoms with Crippen LogP contribution in [0.25, 0.3) is 10.9 Å². The Morgan fingerprint density at radius 3 is 2.97 bits per heavy atom. The van der Waals surface area contributed by atoms with Crippen LogP contribution in [0.15, 0.2) is 42.6 Å². The highest BCUT2D eigenvalue weighted by Crippen LogP contribution is 2.30. The van der Waals surface area contributed by atoms with Crippen molar-refractivity contribution >= 4 is 16.6 Å². The molecule has 0 spiro atoms. The Kier molecular flexibility index (Phi) is 5.25. The van der Waals surface area contributed by atoms with Gasteiger partial charge < -0.3 is 10.0 Å². The molecule has 0 amide bonds. The number of hydrogen-bond donors (Lipinski definition) is 2. The van der Waals surface area contributed by atoms with Crippen LogP contribution >= 0.6 is 0 Å². The second-order valence-corrected chi connectivity index (χ2v) is 8.66. The van der Waals surface area contributed by atoms with Gasteiger partial charge in [0.1, 0.15) is 0 Å². The summed E-state index contributed by atoms with van der Waals surface area (Å²) in [6.07, 6.45) is 6.75. The van der Waals surface area contributed by atoms with E-state index >= 15 is 0 Å². The number of piperidine rings is 1. The van der Waals surface area contributed by atoms with Gasteiger partial charge >= 0.3 is 0 Å². The Morgan fingerprint density at radius 2 is 2.03 bits per heavy atom. The molecule has 1 atom stereocenters. The Morgan fingerprint density at radius 1 is 1.10 bits per heavy atom. The number of likely N-dealkylation sites (tertiary alicyclic amines) is 1. The quantitative estimate of drug-likeness (QED) is 0.678. The largest absolute Gasteiger partial charge is 0.395 e. The zero-order valence-electron chi connectivity index (χ0n) is 17.0. The molecule has 1 saturated heterocycles. The lowest BCUT2D eigenvalue weighted by atomic mass is 9.90. The molecule has 1 fully saturated rings. The van der Waals surface area contributed by atoms with E-state index in [9.17, 15) is 5.11 Å². The van der Waals surface area contributed by atoms with Gasteiger partial charge in [-0.2, -0.15) is 5.10 Å². The first-order valence-corrected chi connectivity index (χ1v) is 10.9. The summed E-state index contributed by atoms with van der Waals surface area (Å²) >= 11 is 0. The standard InChI is InChI=1S/C24H30N4O/c29-11-10-28-9-7-21-5-3-20(14-24(21)28)17-27-8-1-2-19(16-27)12-18-4-6-23-22(13-18)15-25-26-23/h3-6,13-15,19,29H,1-2,7-12,16-17H2,(H,25,26)/t19-/m1/s1. The van der Waals surface area contributed by atoms with Crippen molar-refractivity contribution in [1.29, 1.82) is 0 Å². The Labute approximate surface area is 172 Å². The minimum Gasteiger partial charge on any atom is -0.395 e. The van der Waals surface area contributed by atoms with E-state index in [4.69, 9.17) is 0 Å². The molecule has 2 N–H and O–H groups in total. The molecule has 152 valence electrons. The number of rotatable bonds is 6. The zero-order chi connectivity index (χ0) is 19.6. The van der Waals surface area contributed by atoms with Crippen LogP contribution in [-0.2, 0) is 19.4 Å². The average Bonchev–Trinajstić information content (AvgIpc) is 3.35. The number of H-pyrrole nitrogens is 1. The fourth-order valence-corrected chi connectivity index (χ4v) is 5.11. The number of aliphatic hydroxyl groups is 1. The molecule has 2 aliphatic rings. The van der Waals surface area contributed by atoms with Crippen molar-refractivity contribution < 1.29 is 5.11 Å². The smallest absolute Gasteiger partial charge is 0.0650 e. The number of β-amino-alcohol motifs (C(OH)–C–C–N with tert-alkyl or cyclic N) is 1. The van der Waals surface area contributed by atoms with Gasteiger partial charge in [-0.1, -0.05) is 18.2 Å². The van der Waals surface area contributed by atoms with E-state index in [0.717, 1.165) is 38.0 Å². The van der Waals surface area contributed by atoms with E-state index in [1.807, 2.05) is 6.20 Å². The molecule has 2 aliphatic heterocycles. The molecule has 0 aliphatic carbocycles. The fraction of sp³-hybridized carbons (Fsp3) is 0.458. The molecule has 3 heterocycles. The zero-order valence-corrected chi connectivity index (χ0v) is 17.0. The Hall–Kier alpha value is -2.37. The predicted molar refractivity (Wildman–Crippen MR) is 117 cm³/mol. The van der Waals surface area contributed by atoms with E-state index in [-0.39, 0.29) is 6.61 Å². The van der Waals surface area contributed by atoms with Crippen LogP contribution in [-0.4, -0.2) is 53.0 Å². The van der Waals surface area contributed by atoms with Gasteiger partial charge in [0, 0.05) is 37.3 Å². The predicted octanol–water partition coefficient (Wildman–Crippen LogP) is 3.37. The van der Waals surface area contributed by atoms with Crippen molar-refractivity contribution in [2.45, 2.75) is 32.2 Å². The third-order valence-corrected chi connectivity index (χ3v) is 6.55. The molecule has 3 aromatic rings. The molecule has 0 bridgehead atoms. The van der Waals surface area contributed by atoms with Gasteiger partial charge in [-0.05, 0) is 73.0 Å². The molecular weight excluding hydrogens is 360 g/mol. The van der Waals surface area contributed by atoms with E-state index in [2.05, 4.69) is 56.4 Å². The summed E-state index contributed by atoms with van der Waals surface area (Å²) in [4.78, 5) is 4.95. The van der Waals surface area contributed by atoms with Crippen LogP contribution in [0.4, 0.5) is 5.69 Å². The van der Waals surface area contributed by atoms with Crippen LogP contribution in [0, 0.1) is 5.92 Å². The SMILES string of the molecule is OCCN1CCc2ccc(CN3CCC[C@H](Cc4ccc5[nH]ncc5c4)C3)cc21. The van der Waals surface area contributed by atoms with E-state index in [1.54, 1.807) is 0 Å². The number of nitrogens with zero attached hydrogens (tertiary/aromatic N) is 3. The molecule has 5 nitrogen and oxygen atoms in total. The minimum atomic E-state index is 0.224. The van der Waals surface area contributed by atoms with Crippen LogP contribution in [0.2, 0.25) is 0 Å². The number of anilines is 1. The summed E-state index contributed by atoms with van der Waals surface area (Å²) in [5, 5.41) is 17.7. The number of nitrogens with one attached hydrogen (secondary N) is 1. The van der Waals surface area contributed by atoms with E-state index < -0.39 is 0 Å². The minimum absolute atomic E-state index is 0.224. The molecule has 5 rings (SSSR count). The third-order valence-electron chi connectivity index (χ3n) is 6.55. The van der Waals surface area contributed by atoms with Gasteiger partial charge in [-0.3, -0.25) is 10.00 Å². The highest BCUT2D eigenvalue weighted by atomic mass is 16.3. The van der Waals surface area contributed by atoms with E-state index in [0.29, 0.717) is 5.92 Å². The lowest BCUT2D eigenvalue weighted by Gasteiger charge is -2.33. The maximum Gasteiger partial charge on any atom is 0.0650 e. The fourth-order valence-electron chi connectivity index (χ4n) is 5.11. The number of benzene rings is 2. The van der Waals surface area contributed by atoms with Gasteiger partial charge in [0.15, 0.2) is 0 Å². The molecule has 0 saturated carbocycles. The monoisotopic (exact) mass is 390 g/mol. The average molecular weight is 391 g/mol. The summed E-state index contributed by atoms with van der Waals surface area (Å²) in [6.45, 7) is 5.38. The van der Waals surface area contributed by atoms with Gasteiger partial charge in [-0.15, -0.1) is 0 Å². The van der Waals surface area contributed by atoms with Crippen molar-refractivity contribution in [3.8, 4) is 0 Å². The van der Waals surface area contributed by atoms with Crippen molar-refractivity contribution in [2.75, 3.05) is 37.7 Å². The van der Waals surface area contributed by atoms with Crippen LogP contribution in [0.1, 0.15) is 29.5 Å². The molecule has 0 radical (unpaired) electrons. The third kappa shape index (κ3) is 4.02. The molecule has 1 aromatic heterocycles. The van der Waals surface area contributed by atoms with Crippen molar-refractivity contribution in [3.05, 3.63) is 59.3 Å². The van der Waals surface area contributed by atoms with Gasteiger partial charge in [0.2, 0.25) is 0 Å². The summed E-state index contributed by atoms with van der Waals surface area (Å²) < 4.78 is 0. The Bertz CT molecular complexity index is 980. The number of aliphatic hydroxyl groups excluding tert-OH is 1. The Balaban J connectivity index is 1.24. The molecule has 5 heteroatoms. The summed E-state index contributed by atoms with van der Waals surface area (Å²) in [5.74, 6) is 0.716. The molecule has 0 unspecified atom stereocenters. The number of aromatic amines is 1. The summed E-state index contributed by atoms with van der Waals surface area (Å²) in [7, 11) is 0. The molecular formula is C24H30N4O. The lowest BCUT2D eigenvalue weighted by molar-refractivity contribution is 0.167. The first kappa shape index (κ1) is 18.6. The first-order chi connectivity index (χ1) is 14.3. The first-order valence-electron chi connectivity index (χ1n) is 10.9. The van der Waals surface area contributed by atoms with Crippen LogP contribution in [0.3, 0.4) is 0 Å². The molecule has 2 aromatic carbocycles. The lowest BCUT2D eigenvalue weighted by Crippen LogP contribution is -2.35. The van der Waals surface area contributed by atoms with Crippen molar-refractivity contribution in [3.63, 3.8) is 0 Å². The van der Waals surface area contributed by atoms with Gasteiger partial charge in [-0.25, -0.2) is 0 Å². The van der Waals surface area contributed by atoms with Crippen LogP contribution < -0.4 is 4.90 Å². The van der Waals surface area contributed by atoms with Crippen molar-refractivity contribution in [2.24, 2.45) is 5.92 Å². The number of fused-ring (bicyclic) bond motifs is 2. The second-order valence-electron chi connectivity index (χ2n) is 8.66.